The average Bonchev–Trinajstić information content (AvgIpc) is 2.74. The van der Waals surface area contributed by atoms with Crippen LogP contribution < -0.4 is 11.1 Å². The molecule has 0 saturated heterocycles. The number of nitrogens with two attached hydrogens (primary N) is 1. The smallest absolute Gasteiger partial charge is 0.175 e. The second kappa shape index (κ2) is 5.04. The van der Waals surface area contributed by atoms with E-state index in [-0.39, 0.29) is 4.90 Å². The highest BCUT2D eigenvalue weighted by Crippen LogP contribution is 2.38. The highest BCUT2D eigenvalue weighted by atomic mass is 32.2. The normalized spacial score (nSPS) is 18.4. The molecule has 0 heterocycles. The lowest BCUT2D eigenvalue weighted by atomic mass is 9.89. The summed E-state index contributed by atoms with van der Waals surface area (Å²) in [6.45, 7) is 3.17. The first kappa shape index (κ1) is 14.2. The summed E-state index contributed by atoms with van der Waals surface area (Å²) in [6.07, 6.45) is 6.25. The van der Waals surface area contributed by atoms with Gasteiger partial charge in [-0.1, -0.05) is 19.8 Å². The molecular weight excluding hydrogens is 260 g/mol. The first-order valence-electron chi connectivity index (χ1n) is 6.64. The van der Waals surface area contributed by atoms with Crippen LogP contribution in [0.3, 0.4) is 0 Å². The van der Waals surface area contributed by atoms with Gasteiger partial charge in [-0.3, -0.25) is 0 Å². The average molecular weight is 282 g/mol. The molecule has 0 aliphatic heterocycles. The van der Waals surface area contributed by atoms with Crippen molar-refractivity contribution in [1.82, 2.24) is 0 Å². The van der Waals surface area contributed by atoms with Gasteiger partial charge in [0.05, 0.1) is 16.3 Å². The Balaban J connectivity index is 2.09. The molecule has 19 heavy (non-hydrogen) atoms. The monoisotopic (exact) mass is 282 g/mol. The first-order valence-corrected chi connectivity index (χ1v) is 8.53. The lowest BCUT2D eigenvalue weighted by Gasteiger charge is -2.25. The Morgan fingerprint density at radius 1 is 1.32 bits per heavy atom. The molecule has 0 amide bonds. The van der Waals surface area contributed by atoms with E-state index in [4.69, 9.17) is 5.73 Å². The van der Waals surface area contributed by atoms with Crippen LogP contribution in [-0.2, 0) is 9.84 Å². The van der Waals surface area contributed by atoms with Crippen molar-refractivity contribution in [3.63, 3.8) is 0 Å². The summed E-state index contributed by atoms with van der Waals surface area (Å²) in [4.78, 5) is 0.266. The van der Waals surface area contributed by atoms with Gasteiger partial charge >= 0.3 is 0 Å². The minimum atomic E-state index is -3.19. The molecule has 1 aromatic carbocycles. The molecule has 4 nitrogen and oxygen atoms in total. The van der Waals surface area contributed by atoms with Crippen LogP contribution in [0.15, 0.2) is 23.1 Å². The number of nitrogens with one attached hydrogen (secondary N) is 1. The molecule has 5 heteroatoms. The molecule has 1 aromatic rings. The molecule has 1 aliphatic rings. The van der Waals surface area contributed by atoms with Gasteiger partial charge in [-0.05, 0) is 36.5 Å². The zero-order chi connectivity index (χ0) is 14.1. The maximum absolute atomic E-state index is 11.4. The topological polar surface area (TPSA) is 72.2 Å². The van der Waals surface area contributed by atoms with E-state index in [2.05, 4.69) is 12.2 Å². The van der Waals surface area contributed by atoms with E-state index in [1.54, 1.807) is 12.1 Å². The maximum Gasteiger partial charge on any atom is 0.175 e. The van der Waals surface area contributed by atoms with Gasteiger partial charge in [-0.25, -0.2) is 8.42 Å². The number of rotatable bonds is 4. The van der Waals surface area contributed by atoms with Crippen molar-refractivity contribution in [1.29, 1.82) is 0 Å². The molecule has 0 aromatic heterocycles. The van der Waals surface area contributed by atoms with E-state index >= 15 is 0 Å². The fraction of sp³-hybridized carbons (Fsp3) is 0.571. The molecular formula is C14H22N2O2S. The highest BCUT2D eigenvalue weighted by molar-refractivity contribution is 7.90. The fourth-order valence-electron chi connectivity index (χ4n) is 2.65. The first-order chi connectivity index (χ1) is 8.80. The molecule has 2 rings (SSSR count). The molecule has 0 spiro atoms. The van der Waals surface area contributed by atoms with Crippen LogP contribution in [0.2, 0.25) is 0 Å². The van der Waals surface area contributed by atoms with E-state index < -0.39 is 9.84 Å². The largest absolute Gasteiger partial charge is 0.397 e. The summed E-state index contributed by atoms with van der Waals surface area (Å²) >= 11 is 0. The van der Waals surface area contributed by atoms with Crippen LogP contribution in [0.1, 0.15) is 32.6 Å². The predicted molar refractivity (Wildman–Crippen MR) is 79.0 cm³/mol. The Kier molecular flexibility index (Phi) is 3.76. The van der Waals surface area contributed by atoms with Gasteiger partial charge in [-0.2, -0.15) is 0 Å². The number of anilines is 2. The van der Waals surface area contributed by atoms with Gasteiger partial charge in [0.2, 0.25) is 0 Å². The summed E-state index contributed by atoms with van der Waals surface area (Å²) in [5, 5.41) is 3.35. The van der Waals surface area contributed by atoms with Gasteiger partial charge < -0.3 is 11.1 Å². The summed E-state index contributed by atoms with van der Waals surface area (Å²) in [6, 6.07) is 4.88. The Morgan fingerprint density at radius 3 is 2.47 bits per heavy atom. The second-order valence-electron chi connectivity index (χ2n) is 5.89. The van der Waals surface area contributed by atoms with Crippen molar-refractivity contribution in [3.05, 3.63) is 18.2 Å². The summed E-state index contributed by atoms with van der Waals surface area (Å²) in [5.74, 6) is 0. The number of nitrogen functional groups attached to an aromatic ring is 1. The van der Waals surface area contributed by atoms with Crippen LogP contribution >= 0.6 is 0 Å². The molecule has 1 fully saturated rings. The minimum Gasteiger partial charge on any atom is -0.397 e. The number of benzene rings is 1. The second-order valence-corrected chi connectivity index (χ2v) is 7.91. The van der Waals surface area contributed by atoms with Gasteiger partial charge in [0.15, 0.2) is 9.84 Å². The summed E-state index contributed by atoms with van der Waals surface area (Å²) < 4.78 is 22.9. The Bertz CT molecular complexity index is 561. The van der Waals surface area contributed by atoms with Crippen LogP contribution in [0, 0.1) is 5.41 Å². The molecule has 0 radical (unpaired) electrons. The molecule has 3 N–H and O–H groups in total. The predicted octanol–water partition coefficient (Wildman–Crippen LogP) is 2.66. The van der Waals surface area contributed by atoms with Gasteiger partial charge in [0.1, 0.15) is 0 Å². The van der Waals surface area contributed by atoms with E-state index in [1.165, 1.54) is 38.0 Å². The van der Waals surface area contributed by atoms with E-state index in [9.17, 15) is 8.42 Å². The zero-order valence-corrected chi connectivity index (χ0v) is 12.4. The lowest BCUT2D eigenvalue weighted by Crippen LogP contribution is -2.23. The number of hydrogen-bond donors (Lipinski definition) is 2. The van der Waals surface area contributed by atoms with E-state index in [0.717, 1.165) is 12.2 Å². The Labute approximate surface area is 115 Å². The zero-order valence-electron chi connectivity index (χ0n) is 11.6. The minimum absolute atomic E-state index is 0.266. The van der Waals surface area contributed by atoms with Crippen molar-refractivity contribution in [2.24, 2.45) is 5.41 Å². The van der Waals surface area contributed by atoms with Gasteiger partial charge in [0, 0.05) is 12.8 Å². The summed E-state index contributed by atoms with van der Waals surface area (Å²) in [7, 11) is -3.19. The van der Waals surface area contributed by atoms with Crippen molar-refractivity contribution < 1.29 is 8.42 Å². The third kappa shape index (κ3) is 3.41. The standard InChI is InChI=1S/C14H22N2O2S/c1-14(7-3-4-8-14)10-16-13-6-5-11(9-12(13)15)19(2,17)18/h5-6,9,16H,3-4,7-8,10,15H2,1-2H3. The van der Waals surface area contributed by atoms with Gasteiger partial charge in [0.25, 0.3) is 0 Å². The third-order valence-electron chi connectivity index (χ3n) is 3.97. The van der Waals surface area contributed by atoms with Crippen molar-refractivity contribution in [2.75, 3.05) is 23.9 Å². The van der Waals surface area contributed by atoms with Crippen molar-refractivity contribution in [3.8, 4) is 0 Å². The van der Waals surface area contributed by atoms with Gasteiger partial charge in [-0.15, -0.1) is 0 Å². The van der Waals surface area contributed by atoms with E-state index in [0.29, 0.717) is 11.1 Å². The molecule has 0 atom stereocenters. The van der Waals surface area contributed by atoms with Crippen LogP contribution in [0.25, 0.3) is 0 Å². The molecule has 0 bridgehead atoms. The summed E-state index contributed by atoms with van der Waals surface area (Å²) in [5.41, 5.74) is 7.56. The van der Waals surface area contributed by atoms with Crippen molar-refractivity contribution in [2.45, 2.75) is 37.5 Å². The number of hydrogen-bond acceptors (Lipinski definition) is 4. The van der Waals surface area contributed by atoms with Crippen LogP contribution in [0.4, 0.5) is 11.4 Å². The lowest BCUT2D eigenvalue weighted by molar-refractivity contribution is 0.362. The Hall–Kier alpha value is -1.23. The number of sulfone groups is 1. The van der Waals surface area contributed by atoms with Crippen LogP contribution in [-0.4, -0.2) is 21.2 Å². The fourth-order valence-corrected chi connectivity index (χ4v) is 3.30. The molecule has 1 aliphatic carbocycles. The van der Waals surface area contributed by atoms with Crippen molar-refractivity contribution >= 4 is 21.2 Å². The SMILES string of the molecule is CC1(CNc2ccc(S(C)(=O)=O)cc2N)CCCC1. The molecule has 106 valence electrons. The maximum atomic E-state index is 11.4. The molecule has 1 saturated carbocycles. The quantitative estimate of drug-likeness (QED) is 0.833. The Morgan fingerprint density at radius 2 is 1.95 bits per heavy atom. The molecule has 0 unspecified atom stereocenters. The third-order valence-corrected chi connectivity index (χ3v) is 5.08. The van der Waals surface area contributed by atoms with E-state index in [1.807, 2.05) is 0 Å². The van der Waals surface area contributed by atoms with Crippen LogP contribution in [0.5, 0.6) is 0 Å². The highest BCUT2D eigenvalue weighted by Gasteiger charge is 2.28.